The number of aryl methyl sites for hydroxylation is 1. The minimum absolute atomic E-state index is 0.217. The number of rotatable bonds is 14. The van der Waals surface area contributed by atoms with Crippen molar-refractivity contribution in [1.29, 1.82) is 0 Å². The van der Waals surface area contributed by atoms with Crippen molar-refractivity contribution in [2.75, 3.05) is 31.6 Å². The number of carbonyl (C=O) groups is 2. The van der Waals surface area contributed by atoms with Gasteiger partial charge in [0, 0.05) is 14.1 Å². The van der Waals surface area contributed by atoms with Gasteiger partial charge in [0.1, 0.15) is 42.6 Å². The van der Waals surface area contributed by atoms with Gasteiger partial charge in [-0.2, -0.15) is 8.42 Å². The summed E-state index contributed by atoms with van der Waals surface area (Å²) in [5.41, 5.74) is 3.48. The number of carbonyl (C=O) groups excluding carboxylic acids is 2. The quantitative estimate of drug-likeness (QED) is 0.190. The smallest absolute Gasteiger partial charge is 0.326 e. The molecule has 4 aromatic carbocycles. The highest BCUT2D eigenvalue weighted by atomic mass is 32.2. The Labute approximate surface area is 269 Å². The van der Waals surface area contributed by atoms with E-state index in [0.717, 1.165) is 27.4 Å². The van der Waals surface area contributed by atoms with Crippen molar-refractivity contribution in [3.8, 4) is 17.2 Å². The maximum absolute atomic E-state index is 13.1. The Balaban J connectivity index is 1.24. The molecule has 10 nitrogen and oxygen atoms in total. The van der Waals surface area contributed by atoms with E-state index in [0.29, 0.717) is 54.6 Å². The summed E-state index contributed by atoms with van der Waals surface area (Å²) in [5, 5.41) is 0. The molecule has 11 heteroatoms. The van der Waals surface area contributed by atoms with Crippen molar-refractivity contribution in [3.05, 3.63) is 119 Å². The van der Waals surface area contributed by atoms with Gasteiger partial charge >= 0.3 is 10.2 Å². The monoisotopic (exact) mass is 643 g/mol. The summed E-state index contributed by atoms with van der Waals surface area (Å²) in [7, 11) is -0.647. The second kappa shape index (κ2) is 14.8. The zero-order valence-corrected chi connectivity index (χ0v) is 26.7. The van der Waals surface area contributed by atoms with Gasteiger partial charge in [0.25, 0.3) is 11.8 Å². The summed E-state index contributed by atoms with van der Waals surface area (Å²) in [4.78, 5) is 26.6. The standard InChI is InChI=1S/C35H37N3O7S/c1-37(2)35(40)34-31(17-11-18-32(34)45-25-28-15-7-4-8-16-28)43-21-10-9-12-26-19-20-30(44-24-27-13-5-3-6-14-27)29(22-26)38-23-33(39)36-46(38,41)42/h3-8,11,13-20,22H,9-10,12,21,23-25H2,1-2H3,(H,36,39). The molecule has 1 N–H and O–H groups in total. The number of benzene rings is 4. The summed E-state index contributed by atoms with van der Waals surface area (Å²) in [6.07, 6.45) is 2.04. The lowest BCUT2D eigenvalue weighted by Gasteiger charge is -2.20. The largest absolute Gasteiger partial charge is 0.493 e. The Morgan fingerprint density at radius 3 is 1.96 bits per heavy atom. The molecule has 5 rings (SSSR count). The third-order valence-corrected chi connectivity index (χ3v) is 8.70. The molecule has 1 heterocycles. The SMILES string of the molecule is CN(C)C(=O)c1c(OCCCCc2ccc(OCc3ccccc3)c(N3CC(=O)NS3(=O)=O)c2)cccc1OCc1ccccc1. The number of nitrogens with zero attached hydrogens (tertiary/aromatic N) is 2. The van der Waals surface area contributed by atoms with E-state index in [1.165, 1.54) is 4.90 Å². The number of amides is 2. The fourth-order valence-corrected chi connectivity index (χ4v) is 6.12. The van der Waals surface area contributed by atoms with E-state index >= 15 is 0 Å². The summed E-state index contributed by atoms with van der Waals surface area (Å²) in [6.45, 7) is 0.610. The van der Waals surface area contributed by atoms with Crippen LogP contribution in [0.1, 0.15) is 39.9 Å². The number of hydrogen-bond acceptors (Lipinski definition) is 7. The molecule has 46 heavy (non-hydrogen) atoms. The van der Waals surface area contributed by atoms with Crippen molar-refractivity contribution in [3.63, 3.8) is 0 Å². The fourth-order valence-electron chi connectivity index (χ4n) is 4.97. The highest BCUT2D eigenvalue weighted by molar-refractivity contribution is 7.92. The van der Waals surface area contributed by atoms with Crippen molar-refractivity contribution < 1.29 is 32.2 Å². The summed E-state index contributed by atoms with van der Waals surface area (Å²) in [6, 6.07) is 30.0. The predicted molar refractivity (Wildman–Crippen MR) is 175 cm³/mol. The summed E-state index contributed by atoms with van der Waals surface area (Å²) in [5.74, 6) is 0.446. The Kier molecular flexibility index (Phi) is 10.4. The topological polar surface area (TPSA) is 114 Å². The van der Waals surface area contributed by atoms with Crippen molar-refractivity contribution >= 4 is 27.7 Å². The second-order valence-corrected chi connectivity index (χ2v) is 12.6. The maximum atomic E-state index is 13.1. The van der Waals surface area contributed by atoms with E-state index in [4.69, 9.17) is 14.2 Å². The van der Waals surface area contributed by atoms with Gasteiger partial charge in [-0.3, -0.25) is 9.59 Å². The van der Waals surface area contributed by atoms with Gasteiger partial charge in [-0.15, -0.1) is 0 Å². The van der Waals surface area contributed by atoms with Crippen LogP contribution in [-0.2, 0) is 34.6 Å². The first-order valence-electron chi connectivity index (χ1n) is 15.0. The van der Waals surface area contributed by atoms with Crippen LogP contribution in [0.4, 0.5) is 5.69 Å². The van der Waals surface area contributed by atoms with Crippen molar-refractivity contribution in [2.45, 2.75) is 32.5 Å². The Hall–Kier alpha value is -5.03. The number of hydrogen-bond donors (Lipinski definition) is 1. The molecule has 4 aromatic rings. The van der Waals surface area contributed by atoms with Crippen LogP contribution in [-0.4, -0.2) is 52.4 Å². The van der Waals surface area contributed by atoms with Crippen LogP contribution in [0.2, 0.25) is 0 Å². The number of ether oxygens (including phenoxy) is 3. The second-order valence-electron chi connectivity index (χ2n) is 11.0. The molecular weight excluding hydrogens is 606 g/mol. The zero-order valence-electron chi connectivity index (χ0n) is 25.8. The van der Waals surface area contributed by atoms with Crippen LogP contribution in [0.5, 0.6) is 17.2 Å². The summed E-state index contributed by atoms with van der Waals surface area (Å²) < 4.78 is 46.6. The third-order valence-electron chi connectivity index (χ3n) is 7.31. The lowest BCUT2D eigenvalue weighted by molar-refractivity contribution is -0.117. The molecule has 2 amide bonds. The minimum atomic E-state index is -4.02. The van der Waals surface area contributed by atoms with Gasteiger partial charge in [0.05, 0.1) is 12.3 Å². The van der Waals surface area contributed by atoms with Crippen molar-refractivity contribution in [2.24, 2.45) is 0 Å². The first kappa shape index (κ1) is 32.4. The number of nitrogens with one attached hydrogen (secondary N) is 1. The first-order valence-corrected chi connectivity index (χ1v) is 16.4. The molecule has 0 unspecified atom stereocenters. The van der Waals surface area contributed by atoms with Gasteiger partial charge in [-0.1, -0.05) is 72.8 Å². The molecule has 0 spiro atoms. The number of unbranched alkanes of at least 4 members (excludes halogenated alkanes) is 1. The summed E-state index contributed by atoms with van der Waals surface area (Å²) >= 11 is 0. The Bertz CT molecular complexity index is 1760. The average Bonchev–Trinajstić information content (AvgIpc) is 3.34. The average molecular weight is 644 g/mol. The molecule has 1 aliphatic rings. The van der Waals surface area contributed by atoms with Gasteiger partial charge in [-0.25, -0.2) is 9.03 Å². The van der Waals surface area contributed by atoms with Gasteiger partial charge in [0.15, 0.2) is 0 Å². The molecule has 0 saturated carbocycles. The van der Waals surface area contributed by atoms with Crippen LogP contribution in [0.3, 0.4) is 0 Å². The van der Waals surface area contributed by atoms with Gasteiger partial charge in [0.2, 0.25) is 0 Å². The van der Waals surface area contributed by atoms with Gasteiger partial charge < -0.3 is 19.1 Å². The number of anilines is 1. The van der Waals surface area contributed by atoms with E-state index in [1.807, 2.05) is 71.5 Å². The molecule has 1 fully saturated rings. The fraction of sp³-hybridized carbons (Fsp3) is 0.257. The lowest BCUT2D eigenvalue weighted by atomic mass is 10.1. The molecule has 0 aromatic heterocycles. The Morgan fingerprint density at radius 2 is 1.37 bits per heavy atom. The first-order chi connectivity index (χ1) is 22.2. The molecule has 0 aliphatic carbocycles. The van der Waals surface area contributed by atoms with E-state index in [-0.39, 0.29) is 19.1 Å². The molecule has 240 valence electrons. The van der Waals surface area contributed by atoms with Gasteiger partial charge in [-0.05, 0) is 60.2 Å². The van der Waals surface area contributed by atoms with E-state index in [2.05, 4.69) is 0 Å². The molecule has 0 atom stereocenters. The third kappa shape index (κ3) is 8.16. The highest BCUT2D eigenvalue weighted by Gasteiger charge is 2.36. The van der Waals surface area contributed by atoms with Crippen molar-refractivity contribution in [1.82, 2.24) is 9.62 Å². The Morgan fingerprint density at radius 1 is 0.761 bits per heavy atom. The zero-order chi connectivity index (χ0) is 32.5. The molecule has 1 saturated heterocycles. The van der Waals surface area contributed by atoms with E-state index < -0.39 is 16.1 Å². The lowest BCUT2D eigenvalue weighted by Crippen LogP contribution is -2.30. The van der Waals surface area contributed by atoms with E-state index in [9.17, 15) is 18.0 Å². The molecule has 1 aliphatic heterocycles. The molecule has 0 radical (unpaired) electrons. The van der Waals surface area contributed by atoms with Crippen LogP contribution in [0, 0.1) is 0 Å². The van der Waals surface area contributed by atoms with Crippen LogP contribution in [0.25, 0.3) is 0 Å². The normalized spacial score (nSPS) is 13.6. The van der Waals surface area contributed by atoms with Crippen LogP contribution < -0.4 is 23.2 Å². The molecular formula is C35H37N3O7S. The minimum Gasteiger partial charge on any atom is -0.493 e. The van der Waals surface area contributed by atoms with E-state index in [1.54, 1.807) is 44.4 Å². The maximum Gasteiger partial charge on any atom is 0.326 e. The van der Waals surface area contributed by atoms with Crippen LogP contribution in [0.15, 0.2) is 97.1 Å². The van der Waals surface area contributed by atoms with Crippen LogP contribution >= 0.6 is 0 Å². The molecule has 0 bridgehead atoms. The highest BCUT2D eigenvalue weighted by Crippen LogP contribution is 2.34. The predicted octanol–water partition coefficient (Wildman–Crippen LogP) is 5.13.